The molecule has 264 valence electrons. The Morgan fingerprint density at radius 2 is 1.33 bits per heavy atom. The molecule has 0 fully saturated rings. The molecule has 0 radical (unpaired) electrons. The van der Waals surface area contributed by atoms with Gasteiger partial charge in [0.15, 0.2) is 0 Å². The van der Waals surface area contributed by atoms with Crippen LogP contribution in [0.3, 0.4) is 0 Å². The van der Waals surface area contributed by atoms with Gasteiger partial charge in [-0.2, -0.15) is 10.2 Å². The van der Waals surface area contributed by atoms with Gasteiger partial charge in [0, 0.05) is 58.0 Å². The Hall–Kier alpha value is -4.76. The van der Waals surface area contributed by atoms with Gasteiger partial charge in [-0.15, -0.1) is 0 Å². The van der Waals surface area contributed by atoms with Gasteiger partial charge in [-0.25, -0.2) is 18.4 Å². The van der Waals surface area contributed by atoms with Crippen LogP contribution in [0.2, 0.25) is 0 Å². The number of carbonyl (C=O) groups is 4. The van der Waals surface area contributed by atoms with Crippen molar-refractivity contribution in [3.63, 3.8) is 0 Å². The summed E-state index contributed by atoms with van der Waals surface area (Å²) < 4.78 is 39.4. The van der Waals surface area contributed by atoms with E-state index in [0.29, 0.717) is 73.1 Å². The van der Waals surface area contributed by atoms with E-state index in [1.807, 2.05) is 6.92 Å². The van der Waals surface area contributed by atoms with Crippen LogP contribution in [-0.4, -0.2) is 92.4 Å². The maximum Gasteiger partial charge on any atom is 0.407 e. The molecule has 0 aromatic carbocycles. The van der Waals surface area contributed by atoms with Crippen molar-refractivity contribution in [2.24, 2.45) is 0 Å². The molecule has 4 amide bonds. The highest BCUT2D eigenvalue weighted by molar-refractivity contribution is 5.96. The van der Waals surface area contributed by atoms with E-state index in [1.165, 1.54) is 9.36 Å². The van der Waals surface area contributed by atoms with Crippen LogP contribution in [-0.2, 0) is 35.4 Å². The van der Waals surface area contributed by atoms with Gasteiger partial charge in [-0.05, 0) is 59.6 Å². The Labute approximate surface area is 278 Å². The van der Waals surface area contributed by atoms with Gasteiger partial charge in [-0.3, -0.25) is 19.0 Å². The van der Waals surface area contributed by atoms with E-state index in [1.54, 1.807) is 58.8 Å². The number of carbonyl (C=O) groups excluding carboxylic acids is 4. The van der Waals surface area contributed by atoms with E-state index in [-0.39, 0.29) is 38.0 Å². The molecule has 2 aromatic heterocycles. The predicted octanol–water partition coefficient (Wildman–Crippen LogP) is 3.83. The minimum Gasteiger partial charge on any atom is -0.444 e. The van der Waals surface area contributed by atoms with Crippen LogP contribution in [0.15, 0.2) is 36.2 Å². The molecule has 0 saturated heterocycles. The molecule has 0 spiro atoms. The van der Waals surface area contributed by atoms with Crippen molar-refractivity contribution in [2.45, 2.75) is 85.6 Å². The molecule has 0 aliphatic carbocycles. The number of hydrogen-bond acceptors (Lipinski definition) is 8. The first-order valence-electron chi connectivity index (χ1n) is 15.7. The minimum absolute atomic E-state index is 0.00212. The summed E-state index contributed by atoms with van der Waals surface area (Å²) in [6, 6.07) is 0. The van der Waals surface area contributed by atoms with Gasteiger partial charge in [0.1, 0.15) is 11.2 Å². The summed E-state index contributed by atoms with van der Waals surface area (Å²) in [4.78, 5) is 48.9. The van der Waals surface area contributed by atoms with Crippen LogP contribution in [0.25, 0.3) is 0 Å². The number of nitrogens with zero attached hydrogens (tertiary/aromatic N) is 5. The molecular weight excluding hydrogens is 630 g/mol. The average Bonchev–Trinajstić information content (AvgIpc) is 3.61. The van der Waals surface area contributed by atoms with Crippen molar-refractivity contribution in [2.75, 3.05) is 32.7 Å². The fraction of sp³-hybridized carbons (Fsp3) is 0.562. The van der Waals surface area contributed by atoms with Crippen LogP contribution in [0.5, 0.6) is 0 Å². The van der Waals surface area contributed by atoms with Crippen molar-refractivity contribution in [3.05, 3.63) is 58.7 Å². The fourth-order valence-electron chi connectivity index (χ4n) is 4.70. The van der Waals surface area contributed by atoms with Crippen LogP contribution in [0.1, 0.15) is 80.6 Å². The van der Waals surface area contributed by atoms with Crippen molar-refractivity contribution < 1.29 is 37.4 Å². The summed E-state index contributed by atoms with van der Waals surface area (Å²) in [5.41, 5.74) is 1.91. The standard InChI is InChI=1S/C17H25FN4O3.C15H21FN4O3/c1-5-21-7-6-14-13(15(21)23)11-22(20-14)10-12(8-18)9-19-16(24)25-17(2,3)4;1-15(2,3)23-14(22)18-7-10(6-16)8-20-9-11-12(19-20)4-5-17-13(11)21/h8,11H,5-7,9-10H2,1-4H3,(H,19,24);6,9H,4-5,7-8H2,1-3H3,(H,17,21)(H,18,22)/b12-8+;10-6+. The Morgan fingerprint density at radius 3 is 1.77 bits per heavy atom. The number of alkyl carbamates (subject to hydrolysis) is 2. The Bertz CT molecular complexity index is 1530. The number of hydrogen-bond donors (Lipinski definition) is 3. The van der Waals surface area contributed by atoms with Crippen LogP contribution >= 0.6 is 0 Å². The fourth-order valence-corrected chi connectivity index (χ4v) is 4.70. The number of halogens is 2. The van der Waals surface area contributed by atoms with Gasteiger partial charge in [0.25, 0.3) is 11.8 Å². The highest BCUT2D eigenvalue weighted by atomic mass is 19.1. The van der Waals surface area contributed by atoms with E-state index >= 15 is 0 Å². The summed E-state index contributed by atoms with van der Waals surface area (Å²) in [5, 5.41) is 16.4. The molecule has 0 saturated carbocycles. The van der Waals surface area contributed by atoms with Gasteiger partial charge < -0.3 is 30.3 Å². The molecular formula is C32H46F2N8O6. The quantitative estimate of drug-likeness (QED) is 0.361. The van der Waals surface area contributed by atoms with Crippen molar-refractivity contribution in [3.8, 4) is 0 Å². The van der Waals surface area contributed by atoms with Crippen LogP contribution in [0, 0.1) is 0 Å². The zero-order valence-corrected chi connectivity index (χ0v) is 28.6. The van der Waals surface area contributed by atoms with Crippen LogP contribution in [0.4, 0.5) is 18.4 Å². The number of rotatable bonds is 9. The Kier molecular flexibility index (Phi) is 12.9. The number of amides is 4. The van der Waals surface area contributed by atoms with Gasteiger partial charge in [-0.1, -0.05) is 0 Å². The Balaban J connectivity index is 0.000000261. The number of likely N-dealkylation sites (N-methyl/N-ethyl adjacent to an activating group) is 1. The smallest absolute Gasteiger partial charge is 0.407 e. The molecule has 2 aliphatic rings. The predicted molar refractivity (Wildman–Crippen MR) is 173 cm³/mol. The number of ether oxygens (including phenoxy) is 2. The second kappa shape index (κ2) is 16.4. The summed E-state index contributed by atoms with van der Waals surface area (Å²) in [7, 11) is 0. The van der Waals surface area contributed by atoms with E-state index in [2.05, 4.69) is 26.1 Å². The largest absolute Gasteiger partial charge is 0.444 e. The molecule has 14 nitrogen and oxygen atoms in total. The molecule has 48 heavy (non-hydrogen) atoms. The maximum atomic E-state index is 13.1. The average molecular weight is 677 g/mol. The summed E-state index contributed by atoms with van der Waals surface area (Å²) in [5.74, 6) is -0.220. The van der Waals surface area contributed by atoms with E-state index in [0.717, 1.165) is 5.69 Å². The zero-order valence-electron chi connectivity index (χ0n) is 28.6. The van der Waals surface area contributed by atoms with Crippen molar-refractivity contribution in [1.29, 1.82) is 0 Å². The number of aromatic nitrogens is 4. The van der Waals surface area contributed by atoms with Crippen molar-refractivity contribution >= 4 is 24.0 Å². The molecule has 0 atom stereocenters. The lowest BCUT2D eigenvalue weighted by molar-refractivity contribution is 0.0520. The lowest BCUT2D eigenvalue weighted by Crippen LogP contribution is -2.36. The second-order valence-corrected chi connectivity index (χ2v) is 13.3. The van der Waals surface area contributed by atoms with Gasteiger partial charge >= 0.3 is 12.2 Å². The third-order valence-corrected chi connectivity index (χ3v) is 6.84. The highest BCUT2D eigenvalue weighted by Crippen LogP contribution is 2.18. The topological polar surface area (TPSA) is 162 Å². The lowest BCUT2D eigenvalue weighted by Gasteiger charge is -2.24. The van der Waals surface area contributed by atoms with Gasteiger partial charge in [0.05, 0.1) is 48.3 Å². The minimum atomic E-state index is -0.615. The molecule has 3 N–H and O–H groups in total. The molecule has 0 bridgehead atoms. The lowest BCUT2D eigenvalue weighted by atomic mass is 10.1. The number of fused-ring (bicyclic) bond motifs is 2. The van der Waals surface area contributed by atoms with Crippen molar-refractivity contribution in [1.82, 2.24) is 40.4 Å². The van der Waals surface area contributed by atoms with E-state index in [9.17, 15) is 28.0 Å². The molecule has 4 rings (SSSR count). The third-order valence-electron chi connectivity index (χ3n) is 6.84. The maximum absolute atomic E-state index is 13.1. The first-order valence-corrected chi connectivity index (χ1v) is 15.7. The van der Waals surface area contributed by atoms with Crippen LogP contribution < -0.4 is 16.0 Å². The number of nitrogens with one attached hydrogen (secondary N) is 3. The normalized spacial score (nSPS) is 15.1. The first-order chi connectivity index (χ1) is 22.5. The molecule has 2 aromatic rings. The highest BCUT2D eigenvalue weighted by Gasteiger charge is 2.26. The molecule has 2 aliphatic heterocycles. The molecule has 16 heteroatoms. The third kappa shape index (κ3) is 11.5. The molecule has 4 heterocycles. The Morgan fingerprint density at radius 1 is 0.854 bits per heavy atom. The zero-order chi connectivity index (χ0) is 35.6. The monoisotopic (exact) mass is 676 g/mol. The summed E-state index contributed by atoms with van der Waals surface area (Å²) in [6.45, 7) is 14.6. The molecule has 0 unspecified atom stereocenters. The first kappa shape index (κ1) is 37.7. The van der Waals surface area contributed by atoms with E-state index < -0.39 is 23.4 Å². The summed E-state index contributed by atoms with van der Waals surface area (Å²) >= 11 is 0. The van der Waals surface area contributed by atoms with E-state index in [4.69, 9.17) is 9.47 Å². The second-order valence-electron chi connectivity index (χ2n) is 13.3. The SMILES string of the molecule is CC(C)(C)OC(=O)NC/C(=C\F)Cn1cc2c(n1)CCNC2=O.CCN1CCc2nn(C/C(=C/F)CNC(=O)OC(C)(C)C)cc2C1=O. The summed E-state index contributed by atoms with van der Waals surface area (Å²) in [6.07, 6.45) is 4.20. The van der Waals surface area contributed by atoms with Gasteiger partial charge in [0.2, 0.25) is 0 Å².